The molecule has 0 heterocycles. The number of aryl methyl sites for hydroxylation is 1. The summed E-state index contributed by atoms with van der Waals surface area (Å²) in [5, 5.41) is 6.45. The highest BCUT2D eigenvalue weighted by Crippen LogP contribution is 2.07. The van der Waals surface area contributed by atoms with Gasteiger partial charge in [0.1, 0.15) is 0 Å². The van der Waals surface area contributed by atoms with E-state index in [1.165, 1.54) is 5.56 Å². The summed E-state index contributed by atoms with van der Waals surface area (Å²) in [6.45, 7) is 1.40. The summed E-state index contributed by atoms with van der Waals surface area (Å²) in [5.41, 5.74) is 2.16. The minimum atomic E-state index is -3.09. The quantitative estimate of drug-likeness (QED) is 0.220. The highest BCUT2D eigenvalue weighted by Gasteiger charge is 2.11. The van der Waals surface area contributed by atoms with Crippen LogP contribution in [0.15, 0.2) is 65.7 Å². The third-order valence-corrected chi connectivity index (χ3v) is 5.84. The second-order valence-corrected chi connectivity index (χ2v) is 8.63. The van der Waals surface area contributed by atoms with Crippen LogP contribution in [0, 0.1) is 0 Å². The smallest absolute Gasteiger partial charge is 0.190 e. The van der Waals surface area contributed by atoms with Gasteiger partial charge in [-0.3, -0.25) is 4.99 Å². The van der Waals surface area contributed by atoms with Gasteiger partial charge in [0.2, 0.25) is 0 Å². The summed E-state index contributed by atoms with van der Waals surface area (Å²) in [4.78, 5) is 4.18. The summed E-state index contributed by atoms with van der Waals surface area (Å²) in [7, 11) is -1.37. The van der Waals surface area contributed by atoms with Crippen molar-refractivity contribution in [3.05, 3.63) is 71.8 Å². The van der Waals surface area contributed by atoms with Crippen molar-refractivity contribution in [2.24, 2.45) is 4.99 Å². The Morgan fingerprint density at radius 1 is 0.857 bits per heavy atom. The molecular weight excluding hydrogens is 485 g/mol. The number of guanidine groups is 1. The third-order valence-electron chi connectivity index (χ3n) is 4.16. The number of halogens is 1. The van der Waals surface area contributed by atoms with Crippen molar-refractivity contribution in [3.8, 4) is 0 Å². The van der Waals surface area contributed by atoms with Crippen LogP contribution in [0.3, 0.4) is 0 Å². The normalized spacial score (nSPS) is 11.5. The number of nitrogens with one attached hydrogen (secondary N) is 2. The first-order valence-electron chi connectivity index (χ1n) is 9.32. The van der Waals surface area contributed by atoms with E-state index < -0.39 is 9.84 Å². The van der Waals surface area contributed by atoms with Crippen LogP contribution in [0.2, 0.25) is 0 Å². The first-order chi connectivity index (χ1) is 13.1. The molecule has 0 aromatic heterocycles. The van der Waals surface area contributed by atoms with Crippen molar-refractivity contribution in [3.63, 3.8) is 0 Å². The van der Waals surface area contributed by atoms with Crippen molar-refractivity contribution >= 4 is 39.8 Å². The predicted molar refractivity (Wildman–Crippen MR) is 128 cm³/mol. The number of rotatable bonds is 10. The summed E-state index contributed by atoms with van der Waals surface area (Å²) in [6, 6.07) is 19.7. The maximum absolute atomic E-state index is 12.2. The van der Waals surface area contributed by atoms with Crippen molar-refractivity contribution < 1.29 is 8.42 Å². The Balaban J connectivity index is 0.00000392. The molecule has 0 spiro atoms. The minimum absolute atomic E-state index is 0. The van der Waals surface area contributed by atoms with Gasteiger partial charge in [-0.2, -0.15) is 0 Å². The Labute approximate surface area is 186 Å². The molecule has 0 saturated heterocycles. The van der Waals surface area contributed by atoms with Crippen LogP contribution in [0.25, 0.3) is 0 Å². The summed E-state index contributed by atoms with van der Waals surface area (Å²) in [5.74, 6) is 0.976. The molecule has 0 saturated carbocycles. The van der Waals surface area contributed by atoms with Gasteiger partial charge in [-0.25, -0.2) is 8.42 Å². The number of sulfone groups is 1. The molecule has 0 unspecified atom stereocenters. The molecule has 28 heavy (non-hydrogen) atoms. The Bertz CT molecular complexity index is 797. The lowest BCUT2D eigenvalue weighted by molar-refractivity contribution is 0.591. The van der Waals surface area contributed by atoms with Gasteiger partial charge in [0.15, 0.2) is 15.8 Å². The fraction of sp³-hybridized carbons (Fsp3) is 0.381. The fourth-order valence-corrected chi connectivity index (χ4v) is 4.19. The highest BCUT2D eigenvalue weighted by molar-refractivity contribution is 14.0. The Morgan fingerprint density at radius 3 is 1.96 bits per heavy atom. The summed E-state index contributed by atoms with van der Waals surface area (Å²) >= 11 is 0. The molecule has 154 valence electrons. The lowest BCUT2D eigenvalue weighted by atomic mass is 10.1. The van der Waals surface area contributed by atoms with Crippen LogP contribution in [-0.4, -0.2) is 40.3 Å². The number of hydrogen-bond acceptors (Lipinski definition) is 3. The molecule has 7 heteroatoms. The molecule has 0 aliphatic carbocycles. The number of benzene rings is 2. The van der Waals surface area contributed by atoms with Crippen molar-refractivity contribution in [1.29, 1.82) is 0 Å². The van der Waals surface area contributed by atoms with E-state index in [2.05, 4.69) is 39.9 Å². The zero-order valence-electron chi connectivity index (χ0n) is 16.3. The molecule has 0 bridgehead atoms. The first-order valence-corrected chi connectivity index (χ1v) is 11.1. The SMILES string of the molecule is CN=C(NCCCc1ccccc1)NCCCS(=O)(=O)Cc1ccccc1.I. The van der Waals surface area contributed by atoms with Crippen LogP contribution in [-0.2, 0) is 22.0 Å². The zero-order chi connectivity index (χ0) is 19.4. The molecule has 0 aliphatic rings. The molecule has 0 amide bonds. The second-order valence-electron chi connectivity index (χ2n) is 6.45. The van der Waals surface area contributed by atoms with Crippen LogP contribution in [0.4, 0.5) is 0 Å². The Hall–Kier alpha value is -1.61. The molecule has 2 aromatic carbocycles. The maximum Gasteiger partial charge on any atom is 0.190 e. The lowest BCUT2D eigenvalue weighted by Crippen LogP contribution is -2.38. The fourth-order valence-electron chi connectivity index (χ4n) is 2.76. The Kier molecular flexibility index (Phi) is 11.8. The minimum Gasteiger partial charge on any atom is -0.356 e. The van der Waals surface area contributed by atoms with Crippen LogP contribution in [0.5, 0.6) is 0 Å². The molecule has 0 atom stereocenters. The molecular formula is C21H30IN3O2S. The summed E-state index contributed by atoms with van der Waals surface area (Å²) in [6.07, 6.45) is 2.58. The van der Waals surface area contributed by atoms with E-state index in [0.717, 1.165) is 24.9 Å². The van der Waals surface area contributed by atoms with Crippen LogP contribution >= 0.6 is 24.0 Å². The molecule has 2 rings (SSSR count). The van der Waals surface area contributed by atoms with E-state index in [1.54, 1.807) is 7.05 Å². The molecule has 2 aromatic rings. The highest BCUT2D eigenvalue weighted by atomic mass is 127. The maximum atomic E-state index is 12.2. The van der Waals surface area contributed by atoms with Gasteiger partial charge in [-0.1, -0.05) is 60.7 Å². The first kappa shape index (κ1) is 24.4. The topological polar surface area (TPSA) is 70.6 Å². The van der Waals surface area contributed by atoms with E-state index in [0.29, 0.717) is 18.9 Å². The van der Waals surface area contributed by atoms with Gasteiger partial charge < -0.3 is 10.6 Å². The standard InChI is InChI=1S/C21H29N3O2S.HI/c1-22-21(23-15-8-14-19-10-4-2-5-11-19)24-16-9-17-27(25,26)18-20-12-6-3-7-13-20;/h2-7,10-13H,8-9,14-18H2,1H3,(H2,22,23,24);1H. The number of aliphatic imine (C=N–C) groups is 1. The summed E-state index contributed by atoms with van der Waals surface area (Å²) < 4.78 is 24.4. The average Bonchev–Trinajstić information content (AvgIpc) is 2.68. The van der Waals surface area contributed by atoms with E-state index in [-0.39, 0.29) is 35.5 Å². The van der Waals surface area contributed by atoms with Gasteiger partial charge in [0, 0.05) is 20.1 Å². The van der Waals surface area contributed by atoms with Crippen molar-refractivity contribution in [1.82, 2.24) is 10.6 Å². The predicted octanol–water partition coefficient (Wildman–Crippen LogP) is 3.41. The van der Waals surface area contributed by atoms with Crippen molar-refractivity contribution in [2.75, 3.05) is 25.9 Å². The molecule has 5 nitrogen and oxygen atoms in total. The molecule has 0 radical (unpaired) electrons. The van der Waals surface area contributed by atoms with Crippen molar-refractivity contribution in [2.45, 2.75) is 25.0 Å². The van der Waals surface area contributed by atoms with Gasteiger partial charge >= 0.3 is 0 Å². The molecule has 2 N–H and O–H groups in total. The third kappa shape index (κ3) is 10.1. The van der Waals surface area contributed by atoms with E-state index in [4.69, 9.17) is 0 Å². The van der Waals surface area contributed by atoms with Gasteiger partial charge in [-0.15, -0.1) is 24.0 Å². The average molecular weight is 515 g/mol. The second kappa shape index (κ2) is 13.5. The monoisotopic (exact) mass is 515 g/mol. The zero-order valence-corrected chi connectivity index (χ0v) is 19.5. The molecule has 0 aliphatic heterocycles. The number of nitrogens with zero attached hydrogens (tertiary/aromatic N) is 1. The number of hydrogen-bond donors (Lipinski definition) is 2. The Morgan fingerprint density at radius 2 is 1.39 bits per heavy atom. The van der Waals surface area contributed by atoms with Gasteiger partial charge in [-0.05, 0) is 30.4 Å². The molecule has 0 fully saturated rings. The van der Waals surface area contributed by atoms with Crippen LogP contribution in [0.1, 0.15) is 24.0 Å². The van der Waals surface area contributed by atoms with E-state index >= 15 is 0 Å². The van der Waals surface area contributed by atoms with Gasteiger partial charge in [0.25, 0.3) is 0 Å². The van der Waals surface area contributed by atoms with Crippen LogP contribution < -0.4 is 10.6 Å². The lowest BCUT2D eigenvalue weighted by Gasteiger charge is -2.12. The van der Waals surface area contributed by atoms with Gasteiger partial charge in [0.05, 0.1) is 11.5 Å². The van der Waals surface area contributed by atoms with E-state index in [1.807, 2.05) is 36.4 Å². The van der Waals surface area contributed by atoms with E-state index in [9.17, 15) is 8.42 Å². The largest absolute Gasteiger partial charge is 0.356 e.